The van der Waals surface area contributed by atoms with E-state index in [1.54, 1.807) is 36.4 Å². The summed E-state index contributed by atoms with van der Waals surface area (Å²) in [5.74, 6) is -0.00704. The Labute approximate surface area is 156 Å². The van der Waals surface area contributed by atoms with Crippen molar-refractivity contribution in [3.05, 3.63) is 53.1 Å². The quantitative estimate of drug-likeness (QED) is 0.718. The summed E-state index contributed by atoms with van der Waals surface area (Å²) < 4.78 is 5.42. The molecule has 5 nitrogen and oxygen atoms in total. The smallest absolute Gasteiger partial charge is 0.257 e. The molecule has 0 aliphatic rings. The van der Waals surface area contributed by atoms with Crippen molar-refractivity contribution in [3.8, 4) is 5.75 Å². The van der Waals surface area contributed by atoms with Crippen molar-refractivity contribution in [2.75, 3.05) is 24.7 Å². The Bertz CT molecular complexity index is 768. The number of nitrogens with one attached hydrogen (secondary N) is 2. The molecular formula is C18H19ClN2O3S. The lowest BCUT2D eigenvalue weighted by atomic mass is 10.2. The normalized spacial score (nSPS) is 10.2. The van der Waals surface area contributed by atoms with Gasteiger partial charge in [0.25, 0.3) is 11.8 Å². The van der Waals surface area contributed by atoms with Crippen LogP contribution in [-0.2, 0) is 4.79 Å². The molecule has 0 saturated heterocycles. The van der Waals surface area contributed by atoms with E-state index in [1.165, 1.54) is 11.8 Å². The minimum Gasteiger partial charge on any atom is -0.484 e. The zero-order chi connectivity index (χ0) is 18.2. The van der Waals surface area contributed by atoms with Crippen LogP contribution in [0.15, 0.2) is 47.4 Å². The van der Waals surface area contributed by atoms with Gasteiger partial charge in [-0.2, -0.15) is 0 Å². The molecule has 0 radical (unpaired) electrons. The molecule has 25 heavy (non-hydrogen) atoms. The maximum absolute atomic E-state index is 12.5. The fourth-order valence-electron chi connectivity index (χ4n) is 2.06. The molecule has 2 aromatic rings. The zero-order valence-electron chi connectivity index (χ0n) is 14.0. The third-order valence-electron chi connectivity index (χ3n) is 3.25. The molecule has 0 bridgehead atoms. The zero-order valence-corrected chi connectivity index (χ0v) is 15.5. The molecule has 0 atom stereocenters. The molecule has 0 fully saturated rings. The van der Waals surface area contributed by atoms with Crippen LogP contribution in [0.3, 0.4) is 0 Å². The number of carbonyl (C=O) groups is 2. The largest absolute Gasteiger partial charge is 0.484 e. The molecule has 2 N–H and O–H groups in total. The number of benzene rings is 2. The molecule has 7 heteroatoms. The lowest BCUT2D eigenvalue weighted by molar-refractivity contribution is -0.122. The summed E-state index contributed by atoms with van der Waals surface area (Å²) in [6, 6.07) is 12.2. The van der Waals surface area contributed by atoms with E-state index in [0.29, 0.717) is 28.6 Å². The number of amides is 2. The van der Waals surface area contributed by atoms with Crippen molar-refractivity contribution < 1.29 is 14.3 Å². The van der Waals surface area contributed by atoms with Crippen LogP contribution in [0.2, 0.25) is 5.02 Å². The number of carbonyl (C=O) groups excluding carboxylic acids is 2. The molecule has 0 saturated carbocycles. The maximum Gasteiger partial charge on any atom is 0.257 e. The summed E-state index contributed by atoms with van der Waals surface area (Å²) in [6.45, 7) is 2.31. The van der Waals surface area contributed by atoms with E-state index in [1.807, 2.05) is 19.2 Å². The van der Waals surface area contributed by atoms with Gasteiger partial charge < -0.3 is 15.4 Å². The van der Waals surface area contributed by atoms with Gasteiger partial charge in [-0.05, 0) is 43.5 Å². The monoisotopic (exact) mass is 378 g/mol. The maximum atomic E-state index is 12.5. The highest BCUT2D eigenvalue weighted by molar-refractivity contribution is 7.98. The van der Waals surface area contributed by atoms with Gasteiger partial charge in [0, 0.05) is 23.2 Å². The van der Waals surface area contributed by atoms with Gasteiger partial charge in [-0.3, -0.25) is 9.59 Å². The lowest BCUT2D eigenvalue weighted by Gasteiger charge is -2.10. The molecule has 2 rings (SSSR count). The van der Waals surface area contributed by atoms with Crippen LogP contribution in [0.5, 0.6) is 5.75 Å². The first-order valence-electron chi connectivity index (χ1n) is 7.68. The molecular weight excluding hydrogens is 360 g/mol. The number of ether oxygens (including phenoxy) is 1. The summed E-state index contributed by atoms with van der Waals surface area (Å²) in [6.07, 6.45) is 1.93. The number of halogens is 1. The van der Waals surface area contributed by atoms with Crippen molar-refractivity contribution in [3.63, 3.8) is 0 Å². The van der Waals surface area contributed by atoms with E-state index < -0.39 is 0 Å². The van der Waals surface area contributed by atoms with E-state index in [4.69, 9.17) is 16.3 Å². The molecule has 2 amide bonds. The Balaban J connectivity index is 2.06. The topological polar surface area (TPSA) is 67.4 Å². The van der Waals surface area contributed by atoms with E-state index in [-0.39, 0.29) is 18.4 Å². The molecule has 0 heterocycles. The number of rotatable bonds is 7. The number of hydrogen-bond donors (Lipinski definition) is 2. The van der Waals surface area contributed by atoms with Gasteiger partial charge in [-0.15, -0.1) is 11.8 Å². The highest BCUT2D eigenvalue weighted by Gasteiger charge is 2.12. The number of hydrogen-bond acceptors (Lipinski definition) is 4. The van der Waals surface area contributed by atoms with E-state index in [9.17, 15) is 9.59 Å². The Morgan fingerprint density at radius 1 is 1.20 bits per heavy atom. The average Bonchev–Trinajstić information content (AvgIpc) is 2.61. The second kappa shape index (κ2) is 9.34. The molecule has 2 aromatic carbocycles. The third kappa shape index (κ3) is 5.69. The molecule has 0 aromatic heterocycles. The van der Waals surface area contributed by atoms with Gasteiger partial charge in [0.15, 0.2) is 6.61 Å². The summed E-state index contributed by atoms with van der Waals surface area (Å²) in [7, 11) is 0. The summed E-state index contributed by atoms with van der Waals surface area (Å²) in [4.78, 5) is 24.8. The van der Waals surface area contributed by atoms with Gasteiger partial charge in [0.1, 0.15) is 5.75 Å². The second-order valence-electron chi connectivity index (χ2n) is 5.07. The van der Waals surface area contributed by atoms with Crippen molar-refractivity contribution in [1.29, 1.82) is 0 Å². The van der Waals surface area contributed by atoms with Crippen LogP contribution < -0.4 is 15.4 Å². The first-order valence-corrected chi connectivity index (χ1v) is 9.28. The van der Waals surface area contributed by atoms with Crippen molar-refractivity contribution in [1.82, 2.24) is 5.32 Å². The Morgan fingerprint density at radius 3 is 2.72 bits per heavy atom. The molecule has 132 valence electrons. The minimum atomic E-state index is -0.304. The molecule has 0 unspecified atom stereocenters. The SMILES string of the molecule is CCNC(=O)COc1cccc(NC(=O)c2cc(SC)ccc2Cl)c1. The number of likely N-dealkylation sites (N-methyl/N-ethyl adjacent to an activating group) is 1. The van der Waals surface area contributed by atoms with Crippen molar-refractivity contribution >= 4 is 40.9 Å². The minimum absolute atomic E-state index is 0.0766. The van der Waals surface area contributed by atoms with Crippen LogP contribution in [0.25, 0.3) is 0 Å². The van der Waals surface area contributed by atoms with Gasteiger partial charge in [0.05, 0.1) is 10.6 Å². The lowest BCUT2D eigenvalue weighted by Crippen LogP contribution is -2.28. The van der Waals surface area contributed by atoms with Gasteiger partial charge in [-0.1, -0.05) is 17.7 Å². The highest BCUT2D eigenvalue weighted by Crippen LogP contribution is 2.24. The Hall–Kier alpha value is -2.18. The van der Waals surface area contributed by atoms with Crippen LogP contribution in [0, 0.1) is 0 Å². The van der Waals surface area contributed by atoms with Crippen LogP contribution in [0.1, 0.15) is 17.3 Å². The van der Waals surface area contributed by atoms with E-state index in [2.05, 4.69) is 10.6 Å². The second-order valence-corrected chi connectivity index (χ2v) is 6.36. The van der Waals surface area contributed by atoms with Gasteiger partial charge in [0.2, 0.25) is 0 Å². The molecule has 0 aliphatic heterocycles. The van der Waals surface area contributed by atoms with Crippen molar-refractivity contribution in [2.45, 2.75) is 11.8 Å². The van der Waals surface area contributed by atoms with Crippen molar-refractivity contribution in [2.24, 2.45) is 0 Å². The predicted molar refractivity (Wildman–Crippen MR) is 102 cm³/mol. The summed E-state index contributed by atoms with van der Waals surface area (Å²) in [5, 5.41) is 5.83. The fraction of sp³-hybridized carbons (Fsp3) is 0.222. The van der Waals surface area contributed by atoms with Gasteiger partial charge >= 0.3 is 0 Å². The Kier molecular flexibility index (Phi) is 7.16. The molecule has 0 aliphatic carbocycles. The fourth-order valence-corrected chi connectivity index (χ4v) is 2.71. The number of thioether (sulfide) groups is 1. The Morgan fingerprint density at radius 2 is 2.00 bits per heavy atom. The highest BCUT2D eigenvalue weighted by atomic mass is 35.5. The average molecular weight is 379 g/mol. The summed E-state index contributed by atoms with van der Waals surface area (Å²) in [5.41, 5.74) is 0.964. The standard InChI is InChI=1S/C18H19ClN2O3S/c1-3-20-17(22)11-24-13-6-4-5-12(9-13)21-18(23)15-10-14(25-2)7-8-16(15)19/h4-10H,3,11H2,1-2H3,(H,20,22)(H,21,23). The number of anilines is 1. The van der Waals surface area contributed by atoms with E-state index >= 15 is 0 Å². The molecule has 0 spiro atoms. The third-order valence-corrected chi connectivity index (χ3v) is 4.31. The van der Waals surface area contributed by atoms with Gasteiger partial charge in [-0.25, -0.2) is 0 Å². The first-order chi connectivity index (χ1) is 12.0. The van der Waals surface area contributed by atoms with E-state index in [0.717, 1.165) is 4.90 Å². The van der Waals surface area contributed by atoms with Crippen LogP contribution in [0.4, 0.5) is 5.69 Å². The predicted octanol–water partition coefficient (Wildman–Crippen LogP) is 3.83. The van der Waals surface area contributed by atoms with Crippen LogP contribution >= 0.6 is 23.4 Å². The first kappa shape index (κ1) is 19.1. The van der Waals surface area contributed by atoms with Crippen LogP contribution in [-0.4, -0.2) is 31.2 Å². The summed E-state index contributed by atoms with van der Waals surface area (Å²) >= 11 is 7.66.